The first-order valence-electron chi connectivity index (χ1n) is 7.31. The third-order valence-corrected chi connectivity index (χ3v) is 4.16. The second-order valence-corrected chi connectivity index (χ2v) is 6.23. The van der Waals surface area contributed by atoms with Crippen LogP contribution in [0.4, 0.5) is 0 Å². The van der Waals surface area contributed by atoms with Crippen molar-refractivity contribution in [1.82, 2.24) is 5.32 Å². The third kappa shape index (κ3) is 5.03. The van der Waals surface area contributed by atoms with Crippen LogP contribution >= 0.6 is 23.2 Å². The summed E-state index contributed by atoms with van der Waals surface area (Å²) in [6.45, 7) is 5.19. The Kier molecular flexibility index (Phi) is 6.10. The second kappa shape index (κ2) is 7.84. The molecular weight excluding hydrogens is 301 g/mol. The highest BCUT2D eigenvalue weighted by atomic mass is 35.5. The number of rotatable bonds is 6. The van der Waals surface area contributed by atoms with E-state index in [1.165, 1.54) is 11.1 Å². The molecule has 0 aliphatic rings. The molecule has 0 heterocycles. The monoisotopic (exact) mass is 321 g/mol. The minimum Gasteiger partial charge on any atom is -0.314 e. The highest BCUT2D eigenvalue weighted by molar-refractivity contribution is 6.35. The Balaban J connectivity index is 2.09. The zero-order chi connectivity index (χ0) is 15.2. The zero-order valence-corrected chi connectivity index (χ0v) is 14.0. The van der Waals surface area contributed by atoms with E-state index in [1.54, 1.807) is 0 Å². The molecule has 0 aliphatic carbocycles. The van der Waals surface area contributed by atoms with Gasteiger partial charge in [-0.25, -0.2) is 0 Å². The fourth-order valence-electron chi connectivity index (χ4n) is 2.47. The Morgan fingerprint density at radius 2 is 1.71 bits per heavy atom. The van der Waals surface area contributed by atoms with E-state index in [0.29, 0.717) is 11.1 Å². The number of likely N-dealkylation sites (N-methyl/N-ethyl adjacent to an activating group) is 1. The molecule has 1 atom stereocenters. The van der Waals surface area contributed by atoms with Crippen molar-refractivity contribution in [1.29, 1.82) is 0 Å². The van der Waals surface area contributed by atoms with E-state index in [1.807, 2.05) is 18.2 Å². The third-order valence-electron chi connectivity index (χ3n) is 3.58. The average molecular weight is 322 g/mol. The summed E-state index contributed by atoms with van der Waals surface area (Å²) in [5, 5.41) is 4.97. The molecule has 1 nitrogen and oxygen atoms in total. The van der Waals surface area contributed by atoms with Crippen LogP contribution in [0.15, 0.2) is 42.5 Å². The summed E-state index contributed by atoms with van der Waals surface area (Å²) in [6, 6.07) is 14.8. The Bertz CT molecular complexity index is 578. The number of hydrogen-bond donors (Lipinski definition) is 1. The van der Waals surface area contributed by atoms with Gasteiger partial charge in [0.1, 0.15) is 0 Å². The molecular formula is C18H21Cl2N. The zero-order valence-electron chi connectivity index (χ0n) is 12.5. The molecule has 0 amide bonds. The van der Waals surface area contributed by atoms with Gasteiger partial charge in [-0.1, -0.05) is 66.0 Å². The van der Waals surface area contributed by atoms with Crippen LogP contribution < -0.4 is 5.32 Å². The SMILES string of the molecule is CCNC(Cc1ccc(C)cc1)Cc1ccc(Cl)cc1Cl. The maximum absolute atomic E-state index is 6.29. The van der Waals surface area contributed by atoms with Crippen LogP contribution in [0.2, 0.25) is 10.0 Å². The van der Waals surface area contributed by atoms with Gasteiger partial charge in [0.15, 0.2) is 0 Å². The van der Waals surface area contributed by atoms with Gasteiger partial charge in [0.05, 0.1) is 0 Å². The van der Waals surface area contributed by atoms with Crippen molar-refractivity contribution in [2.24, 2.45) is 0 Å². The van der Waals surface area contributed by atoms with Crippen LogP contribution in [0.3, 0.4) is 0 Å². The van der Waals surface area contributed by atoms with Gasteiger partial charge >= 0.3 is 0 Å². The lowest BCUT2D eigenvalue weighted by Crippen LogP contribution is -2.33. The number of halogens is 2. The summed E-state index contributed by atoms with van der Waals surface area (Å²) in [5.41, 5.74) is 3.77. The summed E-state index contributed by atoms with van der Waals surface area (Å²) in [6.07, 6.45) is 1.89. The average Bonchev–Trinajstić information content (AvgIpc) is 2.44. The maximum atomic E-state index is 6.29. The minimum absolute atomic E-state index is 0.372. The fraction of sp³-hybridized carbons (Fsp3) is 0.333. The predicted octanol–water partition coefficient (Wildman–Crippen LogP) is 5.07. The predicted molar refractivity (Wildman–Crippen MR) is 92.5 cm³/mol. The first-order chi connectivity index (χ1) is 10.1. The summed E-state index contributed by atoms with van der Waals surface area (Å²) >= 11 is 12.2. The summed E-state index contributed by atoms with van der Waals surface area (Å²) < 4.78 is 0. The molecule has 0 aromatic heterocycles. The molecule has 0 spiro atoms. The van der Waals surface area contributed by atoms with Crippen molar-refractivity contribution >= 4 is 23.2 Å². The van der Waals surface area contributed by atoms with E-state index < -0.39 is 0 Å². The van der Waals surface area contributed by atoms with E-state index in [4.69, 9.17) is 23.2 Å². The standard InChI is InChI=1S/C18H21Cl2N/c1-3-21-17(10-14-6-4-13(2)5-7-14)11-15-8-9-16(19)12-18(15)20/h4-9,12,17,21H,3,10-11H2,1-2H3. The lowest BCUT2D eigenvalue weighted by Gasteiger charge is -2.19. The molecule has 112 valence electrons. The Hall–Kier alpha value is -1.02. The summed E-state index contributed by atoms with van der Waals surface area (Å²) in [5.74, 6) is 0. The highest BCUT2D eigenvalue weighted by Crippen LogP contribution is 2.23. The van der Waals surface area contributed by atoms with Crippen molar-refractivity contribution < 1.29 is 0 Å². The smallest absolute Gasteiger partial charge is 0.0453 e. The first-order valence-corrected chi connectivity index (χ1v) is 8.07. The Labute approximate surface area is 137 Å². The van der Waals surface area contributed by atoms with Crippen LogP contribution in [0.5, 0.6) is 0 Å². The molecule has 1 N–H and O–H groups in total. The number of benzene rings is 2. The van der Waals surface area contributed by atoms with Crippen molar-refractivity contribution in [3.8, 4) is 0 Å². The number of aryl methyl sites for hydroxylation is 1. The van der Waals surface area contributed by atoms with Crippen LogP contribution in [-0.4, -0.2) is 12.6 Å². The quantitative estimate of drug-likeness (QED) is 0.783. The lowest BCUT2D eigenvalue weighted by molar-refractivity contribution is 0.521. The van der Waals surface area contributed by atoms with Gasteiger partial charge < -0.3 is 5.32 Å². The maximum Gasteiger partial charge on any atom is 0.0453 e. The normalized spacial score (nSPS) is 12.4. The fourth-order valence-corrected chi connectivity index (χ4v) is 2.95. The Morgan fingerprint density at radius 1 is 1.00 bits per heavy atom. The van der Waals surface area contributed by atoms with E-state index >= 15 is 0 Å². The summed E-state index contributed by atoms with van der Waals surface area (Å²) in [7, 11) is 0. The van der Waals surface area contributed by atoms with E-state index in [9.17, 15) is 0 Å². The van der Waals surface area contributed by atoms with Gasteiger partial charge in [0.25, 0.3) is 0 Å². The van der Waals surface area contributed by atoms with Crippen LogP contribution in [0.25, 0.3) is 0 Å². The van der Waals surface area contributed by atoms with Gasteiger partial charge in [-0.2, -0.15) is 0 Å². The number of nitrogens with one attached hydrogen (secondary N) is 1. The van der Waals surface area contributed by atoms with Gasteiger partial charge in [-0.3, -0.25) is 0 Å². The van der Waals surface area contributed by atoms with Gasteiger partial charge in [-0.15, -0.1) is 0 Å². The van der Waals surface area contributed by atoms with Crippen LogP contribution in [0, 0.1) is 6.92 Å². The molecule has 0 radical (unpaired) electrons. The van der Waals surface area contributed by atoms with E-state index in [2.05, 4.69) is 43.4 Å². The molecule has 21 heavy (non-hydrogen) atoms. The molecule has 0 bridgehead atoms. The van der Waals surface area contributed by atoms with Gasteiger partial charge in [0.2, 0.25) is 0 Å². The van der Waals surface area contributed by atoms with Crippen molar-refractivity contribution in [3.05, 3.63) is 69.2 Å². The molecule has 0 saturated carbocycles. The van der Waals surface area contributed by atoms with Gasteiger partial charge in [-0.05, 0) is 49.6 Å². The number of hydrogen-bond acceptors (Lipinski definition) is 1. The molecule has 2 rings (SSSR count). The van der Waals surface area contributed by atoms with E-state index in [-0.39, 0.29) is 0 Å². The molecule has 0 fully saturated rings. The van der Waals surface area contributed by atoms with Crippen molar-refractivity contribution in [3.63, 3.8) is 0 Å². The van der Waals surface area contributed by atoms with Gasteiger partial charge in [0, 0.05) is 16.1 Å². The summed E-state index contributed by atoms with van der Waals surface area (Å²) in [4.78, 5) is 0. The molecule has 2 aromatic rings. The lowest BCUT2D eigenvalue weighted by atomic mass is 9.98. The van der Waals surface area contributed by atoms with Crippen molar-refractivity contribution in [2.45, 2.75) is 32.7 Å². The van der Waals surface area contributed by atoms with Crippen molar-refractivity contribution in [2.75, 3.05) is 6.54 Å². The molecule has 2 aromatic carbocycles. The topological polar surface area (TPSA) is 12.0 Å². The van der Waals surface area contributed by atoms with E-state index in [0.717, 1.165) is 30.0 Å². The molecule has 0 aliphatic heterocycles. The molecule has 3 heteroatoms. The second-order valence-electron chi connectivity index (χ2n) is 5.38. The first kappa shape index (κ1) is 16.4. The largest absolute Gasteiger partial charge is 0.314 e. The Morgan fingerprint density at radius 3 is 2.33 bits per heavy atom. The highest BCUT2D eigenvalue weighted by Gasteiger charge is 2.12. The minimum atomic E-state index is 0.372. The molecule has 1 unspecified atom stereocenters. The van der Waals surface area contributed by atoms with Crippen LogP contribution in [-0.2, 0) is 12.8 Å². The molecule has 0 saturated heterocycles. The van der Waals surface area contributed by atoms with Crippen LogP contribution in [0.1, 0.15) is 23.6 Å².